The molecule has 2 nitrogen and oxygen atoms in total. The summed E-state index contributed by atoms with van der Waals surface area (Å²) in [4.78, 5) is 12.4. The maximum Gasteiger partial charge on any atom is 0.305 e. The van der Waals surface area contributed by atoms with Gasteiger partial charge in [-0.25, -0.2) is 0 Å². The lowest BCUT2D eigenvalue weighted by Gasteiger charge is -2.16. The molecule has 0 saturated carbocycles. The molecule has 0 heterocycles. The van der Waals surface area contributed by atoms with Gasteiger partial charge < -0.3 is 4.74 Å². The topological polar surface area (TPSA) is 26.3 Å². The highest BCUT2D eigenvalue weighted by Crippen LogP contribution is 2.19. The van der Waals surface area contributed by atoms with E-state index in [0.29, 0.717) is 18.9 Å². The first-order valence-electron chi connectivity index (χ1n) is 6.94. The van der Waals surface area contributed by atoms with Crippen molar-refractivity contribution in [2.45, 2.75) is 58.8 Å². The quantitative estimate of drug-likeness (QED) is 0.267. The molecule has 0 N–H and O–H groups in total. The normalized spacial score (nSPS) is 12.2. The molecule has 0 aromatic rings. The van der Waals surface area contributed by atoms with Gasteiger partial charge in [0.15, 0.2) is 0 Å². The fourth-order valence-corrected chi connectivity index (χ4v) is 2.72. The monoisotopic (exact) mass is 290 g/mol. The molecule has 0 rings (SSSR count). The van der Waals surface area contributed by atoms with Crippen molar-refractivity contribution in [2.75, 3.05) is 12.4 Å². The van der Waals surface area contributed by atoms with Gasteiger partial charge in [0.25, 0.3) is 0 Å². The average molecular weight is 290 g/mol. The molecular formula is C14H26O2S2. The molecule has 18 heavy (non-hydrogen) atoms. The fourth-order valence-electron chi connectivity index (χ4n) is 1.97. The van der Waals surface area contributed by atoms with Gasteiger partial charge in [-0.1, -0.05) is 32.0 Å². The molecule has 0 aromatic heterocycles. The standard InChI is InChI=1S/C14H26O2S2/c1-3-7-13(18)12(10-11-17)8-5-6-9-14(15)16-4-2/h12,17H,3-11H2,1-2H3. The lowest BCUT2D eigenvalue weighted by Crippen LogP contribution is -2.13. The molecule has 0 aromatic carbocycles. The number of thiocarbonyl (C=S) groups is 1. The van der Waals surface area contributed by atoms with E-state index >= 15 is 0 Å². The van der Waals surface area contributed by atoms with Gasteiger partial charge in [-0.15, -0.1) is 0 Å². The summed E-state index contributed by atoms with van der Waals surface area (Å²) in [6.45, 7) is 4.47. The third-order valence-corrected chi connectivity index (χ3v) is 3.71. The van der Waals surface area contributed by atoms with Crippen molar-refractivity contribution < 1.29 is 9.53 Å². The van der Waals surface area contributed by atoms with Crippen LogP contribution in [0, 0.1) is 5.92 Å². The van der Waals surface area contributed by atoms with Crippen LogP contribution < -0.4 is 0 Å². The van der Waals surface area contributed by atoms with E-state index in [1.807, 2.05) is 6.92 Å². The van der Waals surface area contributed by atoms with Crippen LogP contribution in [0.1, 0.15) is 58.8 Å². The second-order valence-corrected chi connectivity index (χ2v) is 5.45. The zero-order valence-corrected chi connectivity index (χ0v) is 13.3. The number of rotatable bonds is 11. The summed E-state index contributed by atoms with van der Waals surface area (Å²) in [5.41, 5.74) is 0. The maximum absolute atomic E-state index is 11.2. The summed E-state index contributed by atoms with van der Waals surface area (Å²) in [6, 6.07) is 0. The van der Waals surface area contributed by atoms with Gasteiger partial charge in [-0.2, -0.15) is 12.6 Å². The van der Waals surface area contributed by atoms with E-state index < -0.39 is 0 Å². The number of hydrogen-bond donors (Lipinski definition) is 1. The fraction of sp³-hybridized carbons (Fsp3) is 0.857. The highest BCUT2D eigenvalue weighted by atomic mass is 32.1. The molecule has 106 valence electrons. The van der Waals surface area contributed by atoms with Crippen LogP contribution in [0.4, 0.5) is 0 Å². The Kier molecular flexibility index (Phi) is 11.9. The Morgan fingerprint density at radius 2 is 1.94 bits per heavy atom. The van der Waals surface area contributed by atoms with Gasteiger partial charge in [0, 0.05) is 6.42 Å². The van der Waals surface area contributed by atoms with Crippen molar-refractivity contribution >= 4 is 35.7 Å². The molecule has 0 aliphatic heterocycles. The summed E-state index contributed by atoms with van der Waals surface area (Å²) in [7, 11) is 0. The first kappa shape index (κ1) is 17.9. The molecule has 0 spiro atoms. The summed E-state index contributed by atoms with van der Waals surface area (Å²) < 4.78 is 4.91. The van der Waals surface area contributed by atoms with Gasteiger partial charge in [0.2, 0.25) is 0 Å². The molecule has 0 saturated heterocycles. The minimum Gasteiger partial charge on any atom is -0.466 e. The molecule has 0 fully saturated rings. The van der Waals surface area contributed by atoms with Gasteiger partial charge in [0.05, 0.1) is 6.61 Å². The Morgan fingerprint density at radius 3 is 2.50 bits per heavy atom. The molecule has 4 heteroatoms. The molecule has 0 amide bonds. The van der Waals surface area contributed by atoms with E-state index in [1.165, 1.54) is 4.86 Å². The molecule has 0 radical (unpaired) electrons. The first-order chi connectivity index (χ1) is 8.65. The van der Waals surface area contributed by atoms with Crippen LogP contribution in [-0.4, -0.2) is 23.2 Å². The number of carbonyl (C=O) groups is 1. The average Bonchev–Trinajstić information content (AvgIpc) is 2.33. The van der Waals surface area contributed by atoms with E-state index in [2.05, 4.69) is 19.6 Å². The minimum atomic E-state index is -0.0839. The summed E-state index contributed by atoms with van der Waals surface area (Å²) >= 11 is 9.75. The number of ether oxygens (including phenoxy) is 1. The van der Waals surface area contributed by atoms with Crippen molar-refractivity contribution in [3.8, 4) is 0 Å². The maximum atomic E-state index is 11.2. The van der Waals surface area contributed by atoms with E-state index in [4.69, 9.17) is 17.0 Å². The van der Waals surface area contributed by atoms with Crippen molar-refractivity contribution in [3.63, 3.8) is 0 Å². The summed E-state index contributed by atoms with van der Waals surface area (Å²) in [5.74, 6) is 1.30. The Labute approximate surface area is 122 Å². The molecular weight excluding hydrogens is 264 g/mol. The second kappa shape index (κ2) is 12.0. The molecule has 0 aliphatic rings. The largest absolute Gasteiger partial charge is 0.466 e. The van der Waals surface area contributed by atoms with Crippen molar-refractivity contribution in [1.82, 2.24) is 0 Å². The third kappa shape index (κ3) is 8.92. The number of hydrogen-bond acceptors (Lipinski definition) is 4. The second-order valence-electron chi connectivity index (χ2n) is 4.48. The van der Waals surface area contributed by atoms with Crippen LogP contribution >= 0.6 is 24.8 Å². The molecule has 1 atom stereocenters. The molecule has 0 aliphatic carbocycles. The predicted octanol–water partition coefficient (Wildman–Crippen LogP) is 4.22. The highest BCUT2D eigenvalue weighted by molar-refractivity contribution is 7.80. The lowest BCUT2D eigenvalue weighted by atomic mass is 9.93. The Morgan fingerprint density at radius 1 is 1.22 bits per heavy atom. The molecule has 0 bridgehead atoms. The third-order valence-electron chi connectivity index (χ3n) is 2.92. The van der Waals surface area contributed by atoms with Gasteiger partial charge in [0.1, 0.15) is 0 Å². The molecule has 1 unspecified atom stereocenters. The summed E-state index contributed by atoms with van der Waals surface area (Å²) in [6.07, 6.45) is 6.76. The zero-order valence-electron chi connectivity index (χ0n) is 11.6. The van der Waals surface area contributed by atoms with Crippen LogP contribution in [0.5, 0.6) is 0 Å². The van der Waals surface area contributed by atoms with Gasteiger partial charge >= 0.3 is 5.97 Å². The minimum absolute atomic E-state index is 0.0839. The number of unbranched alkanes of at least 4 members (excludes halogenated alkanes) is 1. The van der Waals surface area contributed by atoms with Crippen LogP contribution in [0.25, 0.3) is 0 Å². The van der Waals surface area contributed by atoms with E-state index in [1.54, 1.807) is 0 Å². The van der Waals surface area contributed by atoms with Gasteiger partial charge in [-0.3, -0.25) is 4.79 Å². The number of esters is 1. The highest BCUT2D eigenvalue weighted by Gasteiger charge is 2.13. The van der Waals surface area contributed by atoms with E-state index in [9.17, 15) is 4.79 Å². The van der Waals surface area contributed by atoms with Crippen LogP contribution in [0.15, 0.2) is 0 Å². The van der Waals surface area contributed by atoms with Gasteiger partial charge in [-0.05, 0) is 49.1 Å². The smallest absolute Gasteiger partial charge is 0.305 e. The van der Waals surface area contributed by atoms with Crippen molar-refractivity contribution in [2.24, 2.45) is 5.92 Å². The number of thiol groups is 1. The van der Waals surface area contributed by atoms with Crippen molar-refractivity contribution in [3.05, 3.63) is 0 Å². The summed E-state index contributed by atoms with van der Waals surface area (Å²) in [5, 5.41) is 0. The van der Waals surface area contributed by atoms with Crippen LogP contribution in [-0.2, 0) is 9.53 Å². The predicted molar refractivity (Wildman–Crippen MR) is 84.6 cm³/mol. The van der Waals surface area contributed by atoms with Crippen LogP contribution in [0.3, 0.4) is 0 Å². The van der Waals surface area contributed by atoms with E-state index in [-0.39, 0.29) is 5.97 Å². The Hall–Kier alpha value is -0.0900. The van der Waals surface area contributed by atoms with Crippen molar-refractivity contribution in [1.29, 1.82) is 0 Å². The zero-order chi connectivity index (χ0) is 13.8. The number of carbonyl (C=O) groups excluding carboxylic acids is 1. The lowest BCUT2D eigenvalue weighted by molar-refractivity contribution is -0.143. The van der Waals surface area contributed by atoms with E-state index in [0.717, 1.165) is 44.3 Å². The Balaban J connectivity index is 3.83. The van der Waals surface area contributed by atoms with Crippen LogP contribution in [0.2, 0.25) is 0 Å². The first-order valence-corrected chi connectivity index (χ1v) is 7.98. The SMILES string of the molecule is CCCC(=S)C(CCS)CCCCC(=O)OCC. The Bertz CT molecular complexity index is 242.